The number of carboxylic acid groups (broad SMARTS) is 1. The molecule has 1 atom stereocenters. The van der Waals surface area contributed by atoms with Gasteiger partial charge in [0.25, 0.3) is 0 Å². The molecule has 1 N–H and O–H groups in total. The van der Waals surface area contributed by atoms with Gasteiger partial charge in [0.1, 0.15) is 5.82 Å². The second-order valence-electron chi connectivity index (χ2n) is 5.25. The Labute approximate surface area is 110 Å². The monoisotopic (exact) mass is 262 g/mol. The number of carbonyl (C=O) groups is 1. The molecule has 100 valence electrons. The number of nitrogens with zero attached hydrogens (tertiary/aromatic N) is 2. The molecule has 3 rings (SSSR count). The van der Waals surface area contributed by atoms with Crippen LogP contribution in [0.2, 0.25) is 0 Å². The normalized spacial score (nSPS) is 22.0. The summed E-state index contributed by atoms with van der Waals surface area (Å²) in [6.45, 7) is 2.54. The summed E-state index contributed by atoms with van der Waals surface area (Å²) in [5.74, 6) is -1.27. The minimum atomic E-state index is -1.24. The lowest BCUT2D eigenvalue weighted by Gasteiger charge is -2.19. The van der Waals surface area contributed by atoms with E-state index in [1.165, 1.54) is 25.0 Å². The van der Waals surface area contributed by atoms with Crippen molar-refractivity contribution < 1.29 is 14.3 Å². The van der Waals surface area contributed by atoms with Crippen molar-refractivity contribution in [1.82, 2.24) is 0 Å². The van der Waals surface area contributed by atoms with Crippen LogP contribution in [-0.4, -0.2) is 30.0 Å². The maximum atomic E-state index is 13.6. The van der Waals surface area contributed by atoms with E-state index in [0.29, 0.717) is 12.0 Å². The summed E-state index contributed by atoms with van der Waals surface area (Å²) >= 11 is 0. The number of halogens is 1. The van der Waals surface area contributed by atoms with E-state index in [-0.39, 0.29) is 5.56 Å². The largest absolute Gasteiger partial charge is 0.478 e. The fourth-order valence-electron chi connectivity index (χ4n) is 2.51. The highest BCUT2D eigenvalue weighted by molar-refractivity contribution is 5.92. The van der Waals surface area contributed by atoms with Gasteiger partial charge < -0.3 is 10.0 Å². The van der Waals surface area contributed by atoms with Crippen molar-refractivity contribution in [3.8, 4) is 0 Å². The van der Waals surface area contributed by atoms with Crippen molar-refractivity contribution in [3.63, 3.8) is 0 Å². The molecule has 0 aromatic heterocycles. The first-order chi connectivity index (χ1) is 9.06. The Morgan fingerprint density at radius 3 is 2.84 bits per heavy atom. The van der Waals surface area contributed by atoms with Crippen molar-refractivity contribution in [2.24, 2.45) is 10.9 Å². The first-order valence-electron chi connectivity index (χ1n) is 6.39. The van der Waals surface area contributed by atoms with Crippen LogP contribution in [0.4, 0.5) is 10.1 Å². The Kier molecular flexibility index (Phi) is 2.77. The molecule has 1 heterocycles. The average Bonchev–Trinajstić information content (AvgIpc) is 3.08. The van der Waals surface area contributed by atoms with Crippen LogP contribution in [0.15, 0.2) is 17.1 Å². The fraction of sp³-hybridized carbons (Fsp3) is 0.429. The zero-order chi connectivity index (χ0) is 13.6. The predicted octanol–water partition coefficient (Wildman–Crippen LogP) is 2.46. The number of carboxylic acids is 1. The summed E-state index contributed by atoms with van der Waals surface area (Å²) in [5, 5.41) is 8.98. The van der Waals surface area contributed by atoms with Crippen LogP contribution < -0.4 is 4.90 Å². The van der Waals surface area contributed by atoms with E-state index in [1.54, 1.807) is 13.3 Å². The summed E-state index contributed by atoms with van der Waals surface area (Å²) in [5.41, 5.74) is 1.17. The third-order valence-corrected chi connectivity index (χ3v) is 3.77. The van der Waals surface area contributed by atoms with Gasteiger partial charge in [-0.1, -0.05) is 0 Å². The van der Waals surface area contributed by atoms with Gasteiger partial charge in [-0.15, -0.1) is 0 Å². The molecule has 1 fully saturated rings. The number of aromatic carboxylic acids is 1. The highest BCUT2D eigenvalue weighted by Crippen LogP contribution is 2.37. The number of aryl methyl sites for hydroxylation is 1. The van der Waals surface area contributed by atoms with Gasteiger partial charge in [0.15, 0.2) is 0 Å². The second kappa shape index (κ2) is 4.33. The Morgan fingerprint density at radius 2 is 2.21 bits per heavy atom. The molecular formula is C14H15FN2O2. The highest BCUT2D eigenvalue weighted by Gasteiger charge is 2.34. The van der Waals surface area contributed by atoms with Crippen molar-refractivity contribution in [2.75, 3.05) is 11.4 Å². The van der Waals surface area contributed by atoms with Crippen LogP contribution in [0.25, 0.3) is 0 Å². The summed E-state index contributed by atoms with van der Waals surface area (Å²) in [6.07, 6.45) is 4.19. The Bertz CT molecular complexity index is 567. The first-order valence-corrected chi connectivity index (χ1v) is 6.39. The molecular weight excluding hydrogens is 247 g/mol. The molecule has 0 saturated heterocycles. The zero-order valence-corrected chi connectivity index (χ0v) is 10.6. The van der Waals surface area contributed by atoms with E-state index >= 15 is 0 Å². The van der Waals surface area contributed by atoms with Gasteiger partial charge in [0.05, 0.1) is 17.9 Å². The molecule has 0 amide bonds. The van der Waals surface area contributed by atoms with Crippen LogP contribution in [0.1, 0.15) is 28.8 Å². The SMILES string of the molecule is Cc1cc(F)c(C(=O)O)cc1N1C=NC(C2CC2)C1. The Hall–Kier alpha value is -1.91. The topological polar surface area (TPSA) is 52.9 Å². The lowest BCUT2D eigenvalue weighted by Crippen LogP contribution is -2.25. The molecule has 19 heavy (non-hydrogen) atoms. The lowest BCUT2D eigenvalue weighted by atomic mass is 10.1. The number of benzene rings is 1. The number of hydrogen-bond donors (Lipinski definition) is 1. The van der Waals surface area contributed by atoms with E-state index in [4.69, 9.17) is 5.11 Å². The van der Waals surface area contributed by atoms with Gasteiger partial charge in [0.2, 0.25) is 0 Å². The second-order valence-corrected chi connectivity index (χ2v) is 5.25. The molecule has 2 aliphatic rings. The molecule has 1 unspecified atom stereocenters. The minimum absolute atomic E-state index is 0.288. The Morgan fingerprint density at radius 1 is 1.47 bits per heavy atom. The Balaban J connectivity index is 1.90. The van der Waals surface area contributed by atoms with E-state index in [2.05, 4.69) is 4.99 Å². The zero-order valence-electron chi connectivity index (χ0n) is 10.6. The molecule has 1 aliphatic heterocycles. The molecule has 0 spiro atoms. The van der Waals surface area contributed by atoms with E-state index in [0.717, 1.165) is 17.8 Å². The van der Waals surface area contributed by atoms with Gasteiger partial charge in [-0.2, -0.15) is 0 Å². The third kappa shape index (κ3) is 2.20. The standard InChI is InChI=1S/C14H15FN2O2/c1-8-4-11(15)10(14(18)19)5-13(8)17-6-12(16-7-17)9-2-3-9/h4-5,7,9,12H,2-3,6H2,1H3,(H,18,19). The molecule has 1 aliphatic carbocycles. The van der Waals surface area contributed by atoms with Gasteiger partial charge in [-0.25, -0.2) is 9.18 Å². The maximum Gasteiger partial charge on any atom is 0.338 e. The van der Waals surface area contributed by atoms with E-state index in [1.807, 2.05) is 4.90 Å². The van der Waals surface area contributed by atoms with Gasteiger partial charge in [-0.05, 0) is 43.4 Å². The van der Waals surface area contributed by atoms with Gasteiger partial charge in [-0.3, -0.25) is 4.99 Å². The number of rotatable bonds is 3. The third-order valence-electron chi connectivity index (χ3n) is 3.77. The van der Waals surface area contributed by atoms with Crippen LogP contribution in [0.5, 0.6) is 0 Å². The number of aliphatic imine (C=N–C) groups is 1. The van der Waals surface area contributed by atoms with Crippen LogP contribution >= 0.6 is 0 Å². The smallest absolute Gasteiger partial charge is 0.338 e. The minimum Gasteiger partial charge on any atom is -0.478 e. The molecule has 1 saturated carbocycles. The molecule has 0 bridgehead atoms. The van der Waals surface area contributed by atoms with Crippen molar-refractivity contribution in [2.45, 2.75) is 25.8 Å². The fourth-order valence-corrected chi connectivity index (χ4v) is 2.51. The quantitative estimate of drug-likeness (QED) is 0.910. The summed E-state index contributed by atoms with van der Waals surface area (Å²) in [4.78, 5) is 17.4. The molecule has 0 radical (unpaired) electrons. The van der Waals surface area contributed by atoms with Crippen molar-refractivity contribution in [3.05, 3.63) is 29.1 Å². The van der Waals surface area contributed by atoms with Gasteiger partial charge >= 0.3 is 5.97 Å². The maximum absolute atomic E-state index is 13.6. The van der Waals surface area contributed by atoms with E-state index in [9.17, 15) is 9.18 Å². The lowest BCUT2D eigenvalue weighted by molar-refractivity contribution is 0.0692. The summed E-state index contributed by atoms with van der Waals surface area (Å²) in [6, 6.07) is 2.98. The first kappa shape index (κ1) is 12.1. The number of anilines is 1. The van der Waals surface area contributed by atoms with Crippen LogP contribution in [-0.2, 0) is 0 Å². The molecule has 5 heteroatoms. The number of hydrogen-bond acceptors (Lipinski definition) is 3. The summed E-state index contributed by atoms with van der Waals surface area (Å²) in [7, 11) is 0. The van der Waals surface area contributed by atoms with Crippen LogP contribution in [0.3, 0.4) is 0 Å². The highest BCUT2D eigenvalue weighted by atomic mass is 19.1. The summed E-state index contributed by atoms with van der Waals surface area (Å²) < 4.78 is 13.6. The molecule has 4 nitrogen and oxygen atoms in total. The van der Waals surface area contributed by atoms with Crippen molar-refractivity contribution >= 4 is 18.0 Å². The van der Waals surface area contributed by atoms with Crippen molar-refractivity contribution in [1.29, 1.82) is 0 Å². The predicted molar refractivity (Wildman–Crippen MR) is 70.4 cm³/mol. The van der Waals surface area contributed by atoms with Crippen LogP contribution in [0, 0.1) is 18.7 Å². The average molecular weight is 262 g/mol. The van der Waals surface area contributed by atoms with Gasteiger partial charge in [0, 0.05) is 12.2 Å². The van der Waals surface area contributed by atoms with E-state index < -0.39 is 11.8 Å². The molecule has 1 aromatic rings. The molecule has 1 aromatic carbocycles.